The molecular weight excluding hydrogens is 424 g/mol. The van der Waals surface area contributed by atoms with Crippen LogP contribution in [-0.4, -0.2) is 59.5 Å². The molecule has 0 radical (unpaired) electrons. The third-order valence-corrected chi connectivity index (χ3v) is 6.98. The minimum atomic E-state index is -0.318. The molecule has 1 fully saturated rings. The molecule has 8 heteroatoms. The summed E-state index contributed by atoms with van der Waals surface area (Å²) >= 11 is 1.35. The number of ether oxygens (including phenoxy) is 1. The highest BCUT2D eigenvalue weighted by Crippen LogP contribution is 2.36. The minimum Gasteiger partial charge on any atom is -0.462 e. The molecule has 2 aromatic heterocycles. The number of hydrogen-bond donors (Lipinski definition) is 0. The van der Waals surface area contributed by atoms with E-state index in [0.29, 0.717) is 43.5 Å². The maximum absolute atomic E-state index is 12.9. The van der Waals surface area contributed by atoms with Crippen molar-refractivity contribution in [1.29, 1.82) is 0 Å². The lowest BCUT2D eigenvalue weighted by molar-refractivity contribution is 0.0531. The van der Waals surface area contributed by atoms with Gasteiger partial charge in [0.15, 0.2) is 0 Å². The molecule has 7 nitrogen and oxygen atoms in total. The minimum absolute atomic E-state index is 0.0626. The van der Waals surface area contributed by atoms with E-state index in [9.17, 15) is 9.59 Å². The summed E-state index contributed by atoms with van der Waals surface area (Å²) in [7, 11) is 0. The monoisotopic (exact) mass is 452 g/mol. The molecule has 0 atom stereocenters. The van der Waals surface area contributed by atoms with Gasteiger partial charge in [-0.25, -0.2) is 14.8 Å². The fraction of sp³-hybridized carbons (Fsp3) is 0.417. The summed E-state index contributed by atoms with van der Waals surface area (Å²) in [5.74, 6) is 1.24. The normalized spacial score (nSPS) is 14.1. The van der Waals surface area contributed by atoms with Crippen molar-refractivity contribution in [3.05, 3.63) is 51.7 Å². The smallest absolute Gasteiger partial charge is 0.348 e. The number of carbonyl (C=O) groups excluding carboxylic acids is 2. The molecule has 1 aromatic carbocycles. The number of benzene rings is 1. The summed E-state index contributed by atoms with van der Waals surface area (Å²) in [4.78, 5) is 40.1. The van der Waals surface area contributed by atoms with Crippen LogP contribution in [0.3, 0.4) is 0 Å². The standard InChI is InChI=1S/C24H28N4O3S/c1-5-17-7-9-18(10-8-17)23(29)28-13-11-27(12-14-28)21-19-15(3)20(24(30)31-6-2)32-22(19)26-16(4)25-21/h7-10H,5-6,11-14H2,1-4H3. The van der Waals surface area contributed by atoms with Crippen molar-refractivity contribution in [3.63, 3.8) is 0 Å². The zero-order valence-corrected chi connectivity index (χ0v) is 19.8. The molecule has 0 aliphatic carbocycles. The van der Waals surface area contributed by atoms with Crippen molar-refractivity contribution >= 4 is 39.2 Å². The van der Waals surface area contributed by atoms with Gasteiger partial charge in [-0.3, -0.25) is 4.79 Å². The lowest BCUT2D eigenvalue weighted by Crippen LogP contribution is -2.49. The molecule has 1 aliphatic heterocycles. The van der Waals surface area contributed by atoms with Gasteiger partial charge in [0.05, 0.1) is 12.0 Å². The number of nitrogens with zero attached hydrogens (tertiary/aromatic N) is 4. The predicted molar refractivity (Wildman–Crippen MR) is 127 cm³/mol. The Balaban J connectivity index is 1.55. The molecule has 0 N–H and O–H groups in total. The topological polar surface area (TPSA) is 75.6 Å². The fourth-order valence-corrected chi connectivity index (χ4v) is 5.14. The van der Waals surface area contributed by atoms with E-state index < -0.39 is 0 Å². The van der Waals surface area contributed by atoms with Crippen LogP contribution in [0, 0.1) is 13.8 Å². The van der Waals surface area contributed by atoms with Gasteiger partial charge in [-0.15, -0.1) is 11.3 Å². The van der Waals surface area contributed by atoms with Crippen molar-refractivity contribution in [2.24, 2.45) is 0 Å². The number of aromatic nitrogens is 2. The predicted octanol–water partition coefficient (Wildman–Crippen LogP) is 4.01. The van der Waals surface area contributed by atoms with Gasteiger partial charge in [-0.05, 0) is 50.5 Å². The van der Waals surface area contributed by atoms with Gasteiger partial charge in [0, 0.05) is 31.7 Å². The van der Waals surface area contributed by atoms with Crippen LogP contribution in [0.15, 0.2) is 24.3 Å². The molecule has 3 aromatic rings. The molecule has 0 spiro atoms. The summed E-state index contributed by atoms with van der Waals surface area (Å²) < 4.78 is 5.22. The van der Waals surface area contributed by atoms with Crippen LogP contribution in [-0.2, 0) is 11.2 Å². The highest BCUT2D eigenvalue weighted by molar-refractivity contribution is 7.20. The number of piperazine rings is 1. The Morgan fingerprint density at radius 2 is 1.72 bits per heavy atom. The molecule has 0 bridgehead atoms. The van der Waals surface area contributed by atoms with Gasteiger partial charge in [0.1, 0.15) is 21.3 Å². The van der Waals surface area contributed by atoms with Crippen LogP contribution < -0.4 is 4.90 Å². The average molecular weight is 453 g/mol. The van der Waals surface area contributed by atoms with Crippen LogP contribution >= 0.6 is 11.3 Å². The highest BCUT2D eigenvalue weighted by Gasteiger charge is 2.27. The van der Waals surface area contributed by atoms with Gasteiger partial charge in [0.25, 0.3) is 5.91 Å². The van der Waals surface area contributed by atoms with Crippen molar-refractivity contribution in [3.8, 4) is 0 Å². The second-order valence-corrected chi connectivity index (χ2v) is 8.88. The lowest BCUT2D eigenvalue weighted by Gasteiger charge is -2.36. The van der Waals surface area contributed by atoms with Crippen LogP contribution in [0.25, 0.3) is 10.2 Å². The fourth-order valence-electron chi connectivity index (χ4n) is 4.03. The van der Waals surface area contributed by atoms with Crippen LogP contribution in [0.1, 0.15) is 50.8 Å². The number of fused-ring (bicyclic) bond motifs is 1. The number of esters is 1. The van der Waals surface area contributed by atoms with Crippen LogP contribution in [0.5, 0.6) is 0 Å². The molecule has 3 heterocycles. The molecule has 0 unspecified atom stereocenters. The maximum atomic E-state index is 12.9. The molecule has 4 rings (SSSR count). The van der Waals surface area contributed by atoms with Gasteiger partial charge >= 0.3 is 5.97 Å². The average Bonchev–Trinajstić information content (AvgIpc) is 3.14. The van der Waals surface area contributed by atoms with Crippen molar-refractivity contribution < 1.29 is 14.3 Å². The quantitative estimate of drug-likeness (QED) is 0.545. The number of thiophene rings is 1. The SMILES string of the molecule is CCOC(=O)c1sc2nc(C)nc(N3CCN(C(=O)c4ccc(CC)cc4)CC3)c2c1C. The molecule has 0 saturated carbocycles. The van der Waals surface area contributed by atoms with E-state index in [1.165, 1.54) is 16.9 Å². The van der Waals surface area contributed by atoms with Gasteiger partial charge in [0.2, 0.25) is 0 Å². The maximum Gasteiger partial charge on any atom is 0.348 e. The summed E-state index contributed by atoms with van der Waals surface area (Å²) in [6, 6.07) is 7.86. The zero-order valence-electron chi connectivity index (χ0n) is 19.0. The summed E-state index contributed by atoms with van der Waals surface area (Å²) in [6.45, 7) is 10.6. The second-order valence-electron chi connectivity index (χ2n) is 7.88. The highest BCUT2D eigenvalue weighted by atomic mass is 32.1. The van der Waals surface area contributed by atoms with Crippen LogP contribution in [0.2, 0.25) is 0 Å². The van der Waals surface area contributed by atoms with Crippen LogP contribution in [0.4, 0.5) is 5.82 Å². The lowest BCUT2D eigenvalue weighted by atomic mass is 10.1. The number of carbonyl (C=O) groups is 2. The number of rotatable bonds is 5. The Morgan fingerprint density at radius 3 is 2.34 bits per heavy atom. The first-order valence-electron chi connectivity index (χ1n) is 11.0. The van der Waals surface area contributed by atoms with Crippen molar-refractivity contribution in [2.45, 2.75) is 34.1 Å². The molecule has 1 amide bonds. The summed E-state index contributed by atoms with van der Waals surface area (Å²) in [6.07, 6.45) is 0.958. The van der Waals surface area contributed by atoms with E-state index in [1.54, 1.807) is 6.92 Å². The van der Waals surface area contributed by atoms with Gasteiger partial charge < -0.3 is 14.5 Å². The summed E-state index contributed by atoms with van der Waals surface area (Å²) in [5, 5.41) is 0.901. The molecular formula is C24H28N4O3S. The Morgan fingerprint density at radius 1 is 1.03 bits per heavy atom. The summed E-state index contributed by atoms with van der Waals surface area (Å²) in [5.41, 5.74) is 2.81. The Hall–Kier alpha value is -3.00. The van der Waals surface area contributed by atoms with E-state index in [2.05, 4.69) is 16.8 Å². The van der Waals surface area contributed by atoms with E-state index in [-0.39, 0.29) is 11.9 Å². The number of amides is 1. The number of anilines is 1. The third-order valence-electron chi connectivity index (χ3n) is 5.82. The first-order chi connectivity index (χ1) is 15.4. The molecule has 1 saturated heterocycles. The second kappa shape index (κ2) is 9.24. The van der Waals surface area contributed by atoms with Crippen molar-refractivity contribution in [1.82, 2.24) is 14.9 Å². The first kappa shape index (κ1) is 22.2. The van der Waals surface area contributed by atoms with Crippen molar-refractivity contribution in [2.75, 3.05) is 37.7 Å². The van der Waals surface area contributed by atoms with E-state index in [0.717, 1.165) is 33.6 Å². The zero-order chi connectivity index (χ0) is 22.8. The third kappa shape index (κ3) is 4.19. The van der Waals surface area contributed by atoms with E-state index >= 15 is 0 Å². The largest absolute Gasteiger partial charge is 0.462 e. The number of aryl methyl sites for hydroxylation is 3. The Kier molecular flexibility index (Phi) is 6.41. The van der Waals surface area contributed by atoms with Gasteiger partial charge in [-0.1, -0.05) is 19.1 Å². The molecule has 168 valence electrons. The Bertz CT molecular complexity index is 1150. The molecule has 1 aliphatic rings. The first-order valence-corrected chi connectivity index (χ1v) is 11.8. The molecule has 32 heavy (non-hydrogen) atoms. The Labute approximate surface area is 192 Å². The van der Waals surface area contributed by atoms with Gasteiger partial charge in [-0.2, -0.15) is 0 Å². The number of hydrogen-bond acceptors (Lipinski definition) is 7. The van der Waals surface area contributed by atoms with E-state index in [1.807, 2.05) is 43.0 Å². The van der Waals surface area contributed by atoms with E-state index in [4.69, 9.17) is 9.72 Å².